The fourth-order valence-corrected chi connectivity index (χ4v) is 4.36. The first-order valence-electron chi connectivity index (χ1n) is 8.04. The Hall–Kier alpha value is -0.920. The Morgan fingerprint density at radius 3 is 2.73 bits per heavy atom. The second-order valence-electron chi connectivity index (χ2n) is 6.35. The van der Waals surface area contributed by atoms with E-state index in [0.29, 0.717) is 25.0 Å². The minimum absolute atomic E-state index is 0.345. The topological polar surface area (TPSA) is 67.2 Å². The standard InChI is InChI=1S/C15H28N4O2S/c1-5-13-11-19(22(20,21)12(2)3)8-6-14(13)17-10-15-16-7-9-18(15)4/h7,9,12-14,17H,5-6,8,10-11H2,1-4H3/t13-,14+/m0/s1. The van der Waals surface area contributed by atoms with Crippen LogP contribution in [0.2, 0.25) is 0 Å². The molecule has 2 heterocycles. The van der Waals surface area contributed by atoms with Gasteiger partial charge in [-0.3, -0.25) is 0 Å². The number of rotatable bonds is 6. The maximum atomic E-state index is 12.3. The number of imidazole rings is 1. The van der Waals surface area contributed by atoms with E-state index in [1.807, 2.05) is 17.8 Å². The van der Waals surface area contributed by atoms with E-state index in [4.69, 9.17) is 0 Å². The molecule has 0 spiro atoms. The minimum Gasteiger partial charge on any atom is -0.337 e. The predicted molar refractivity (Wildman–Crippen MR) is 87.9 cm³/mol. The van der Waals surface area contributed by atoms with Crippen LogP contribution in [0.25, 0.3) is 0 Å². The lowest BCUT2D eigenvalue weighted by Gasteiger charge is -2.38. The summed E-state index contributed by atoms with van der Waals surface area (Å²) in [6.45, 7) is 7.58. The van der Waals surface area contributed by atoms with E-state index in [1.165, 1.54) is 0 Å². The molecule has 0 amide bonds. The fraction of sp³-hybridized carbons (Fsp3) is 0.800. The highest BCUT2D eigenvalue weighted by atomic mass is 32.2. The van der Waals surface area contributed by atoms with Crippen molar-refractivity contribution in [3.63, 3.8) is 0 Å². The van der Waals surface area contributed by atoms with Crippen LogP contribution in [0.4, 0.5) is 0 Å². The van der Waals surface area contributed by atoms with Crippen LogP contribution in [0.5, 0.6) is 0 Å². The first-order chi connectivity index (χ1) is 10.4. The number of nitrogens with one attached hydrogen (secondary N) is 1. The summed E-state index contributed by atoms with van der Waals surface area (Å²) in [5, 5.41) is 3.22. The summed E-state index contributed by atoms with van der Waals surface area (Å²) >= 11 is 0. The predicted octanol–water partition coefficient (Wildman–Crippen LogP) is 1.35. The van der Waals surface area contributed by atoms with Crippen LogP contribution in [-0.4, -0.2) is 46.7 Å². The van der Waals surface area contributed by atoms with Crippen molar-refractivity contribution in [1.82, 2.24) is 19.2 Å². The number of piperidine rings is 1. The molecule has 1 saturated heterocycles. The molecule has 7 heteroatoms. The number of aromatic nitrogens is 2. The van der Waals surface area contributed by atoms with Crippen molar-refractivity contribution >= 4 is 10.0 Å². The highest BCUT2D eigenvalue weighted by Crippen LogP contribution is 2.24. The van der Waals surface area contributed by atoms with Gasteiger partial charge in [-0.1, -0.05) is 13.3 Å². The Morgan fingerprint density at radius 2 is 2.18 bits per heavy atom. The van der Waals surface area contributed by atoms with Crippen molar-refractivity contribution in [2.24, 2.45) is 13.0 Å². The highest BCUT2D eigenvalue weighted by Gasteiger charge is 2.35. The van der Waals surface area contributed by atoms with Crippen molar-refractivity contribution in [2.45, 2.75) is 51.4 Å². The molecule has 0 unspecified atom stereocenters. The lowest BCUT2D eigenvalue weighted by molar-refractivity contribution is 0.199. The van der Waals surface area contributed by atoms with Crippen LogP contribution < -0.4 is 5.32 Å². The summed E-state index contributed by atoms with van der Waals surface area (Å²) < 4.78 is 28.3. The molecule has 2 atom stereocenters. The quantitative estimate of drug-likeness (QED) is 0.856. The van der Waals surface area contributed by atoms with Gasteiger partial charge in [-0.05, 0) is 26.2 Å². The third-order valence-corrected chi connectivity index (χ3v) is 6.86. The number of sulfonamides is 1. The smallest absolute Gasteiger partial charge is 0.216 e. The number of hydrogen-bond donors (Lipinski definition) is 1. The number of nitrogens with zero attached hydrogens (tertiary/aromatic N) is 3. The van der Waals surface area contributed by atoms with E-state index in [1.54, 1.807) is 24.3 Å². The summed E-state index contributed by atoms with van der Waals surface area (Å²) in [6, 6.07) is 0.348. The molecule has 1 N–H and O–H groups in total. The zero-order valence-electron chi connectivity index (χ0n) is 14.0. The van der Waals surface area contributed by atoms with Crippen molar-refractivity contribution in [2.75, 3.05) is 13.1 Å². The van der Waals surface area contributed by atoms with Crippen LogP contribution in [0.3, 0.4) is 0 Å². The Balaban J connectivity index is 1.97. The number of hydrogen-bond acceptors (Lipinski definition) is 4. The largest absolute Gasteiger partial charge is 0.337 e. The van der Waals surface area contributed by atoms with Crippen molar-refractivity contribution in [3.05, 3.63) is 18.2 Å². The van der Waals surface area contributed by atoms with Gasteiger partial charge in [-0.2, -0.15) is 0 Å². The van der Waals surface area contributed by atoms with Crippen molar-refractivity contribution in [1.29, 1.82) is 0 Å². The van der Waals surface area contributed by atoms with Gasteiger partial charge in [0.2, 0.25) is 10.0 Å². The summed E-state index contributed by atoms with van der Waals surface area (Å²) in [4.78, 5) is 4.32. The first kappa shape index (κ1) is 17.4. The van der Waals surface area contributed by atoms with E-state index in [-0.39, 0.29) is 5.25 Å². The van der Waals surface area contributed by atoms with Gasteiger partial charge in [0.15, 0.2) is 0 Å². The van der Waals surface area contributed by atoms with E-state index in [2.05, 4.69) is 17.2 Å². The molecule has 22 heavy (non-hydrogen) atoms. The second kappa shape index (κ2) is 7.10. The molecule has 0 saturated carbocycles. The monoisotopic (exact) mass is 328 g/mol. The van der Waals surface area contributed by atoms with E-state index in [9.17, 15) is 8.42 Å². The van der Waals surface area contributed by atoms with Gasteiger partial charge in [0.25, 0.3) is 0 Å². The average molecular weight is 328 g/mol. The van der Waals surface area contributed by atoms with Crippen LogP contribution in [0.1, 0.15) is 39.4 Å². The Labute approximate surface area is 134 Å². The molecule has 1 aliphatic heterocycles. The molecule has 0 aromatic carbocycles. The summed E-state index contributed by atoms with van der Waals surface area (Å²) in [7, 11) is -1.16. The molecule has 1 fully saturated rings. The van der Waals surface area contributed by atoms with Gasteiger partial charge < -0.3 is 9.88 Å². The Morgan fingerprint density at radius 1 is 1.45 bits per heavy atom. The molecule has 6 nitrogen and oxygen atoms in total. The van der Waals surface area contributed by atoms with Gasteiger partial charge in [0.1, 0.15) is 5.82 Å². The molecule has 126 valence electrons. The SMILES string of the molecule is CC[C@H]1CN(S(=O)(=O)C(C)C)CC[C@H]1NCc1nccn1C. The van der Waals surface area contributed by atoms with Gasteiger partial charge in [-0.15, -0.1) is 0 Å². The molecule has 0 radical (unpaired) electrons. The van der Waals surface area contributed by atoms with Crippen molar-refractivity contribution in [3.8, 4) is 0 Å². The zero-order chi connectivity index (χ0) is 16.3. The maximum absolute atomic E-state index is 12.3. The highest BCUT2D eigenvalue weighted by molar-refractivity contribution is 7.89. The van der Waals surface area contributed by atoms with E-state index >= 15 is 0 Å². The number of aryl methyl sites for hydroxylation is 1. The molecule has 2 rings (SSSR count). The molecule has 1 aromatic heterocycles. The second-order valence-corrected chi connectivity index (χ2v) is 8.84. The Bertz CT molecular complexity index is 582. The molecule has 1 aromatic rings. The van der Waals surface area contributed by atoms with Crippen molar-refractivity contribution < 1.29 is 8.42 Å². The molecule has 0 bridgehead atoms. The Kier molecular flexibility index (Phi) is 5.63. The third-order valence-electron chi connectivity index (χ3n) is 4.62. The third kappa shape index (κ3) is 3.70. The molecule has 0 aliphatic carbocycles. The van der Waals surface area contributed by atoms with Crippen LogP contribution in [0, 0.1) is 5.92 Å². The molecular weight excluding hydrogens is 300 g/mol. The normalized spacial score (nSPS) is 24.0. The maximum Gasteiger partial charge on any atom is 0.216 e. The lowest BCUT2D eigenvalue weighted by Crippen LogP contribution is -2.52. The average Bonchev–Trinajstić information content (AvgIpc) is 2.90. The summed E-state index contributed by atoms with van der Waals surface area (Å²) in [5.74, 6) is 1.36. The first-order valence-corrected chi connectivity index (χ1v) is 9.55. The molecule has 1 aliphatic rings. The van der Waals surface area contributed by atoms with E-state index in [0.717, 1.165) is 25.2 Å². The molecular formula is C15H28N4O2S. The summed E-state index contributed by atoms with van der Waals surface area (Å²) in [6.07, 6.45) is 5.56. The van der Waals surface area contributed by atoms with Crippen LogP contribution in [-0.2, 0) is 23.6 Å². The minimum atomic E-state index is -3.14. The fourth-order valence-electron chi connectivity index (χ4n) is 3.00. The lowest BCUT2D eigenvalue weighted by atomic mass is 9.91. The van der Waals surface area contributed by atoms with Gasteiger partial charge in [0.05, 0.1) is 11.8 Å². The zero-order valence-corrected chi connectivity index (χ0v) is 14.8. The van der Waals surface area contributed by atoms with Crippen LogP contribution in [0.15, 0.2) is 12.4 Å². The van der Waals surface area contributed by atoms with Gasteiger partial charge in [0, 0.05) is 38.6 Å². The van der Waals surface area contributed by atoms with Gasteiger partial charge >= 0.3 is 0 Å². The van der Waals surface area contributed by atoms with E-state index < -0.39 is 10.0 Å². The van der Waals surface area contributed by atoms with Crippen LogP contribution >= 0.6 is 0 Å². The van der Waals surface area contributed by atoms with Gasteiger partial charge in [-0.25, -0.2) is 17.7 Å². The summed E-state index contributed by atoms with van der Waals surface area (Å²) in [5.41, 5.74) is 0.